The highest BCUT2D eigenvalue weighted by Gasteiger charge is 2.25. The highest BCUT2D eigenvalue weighted by Crippen LogP contribution is 2.31. The molecule has 0 saturated heterocycles. The molecule has 2 aromatic rings. The van der Waals surface area contributed by atoms with Crippen LogP contribution in [0.1, 0.15) is 43.9 Å². The predicted octanol–water partition coefficient (Wildman–Crippen LogP) is 5.69. The summed E-state index contributed by atoms with van der Waals surface area (Å²) in [6, 6.07) is 15.4. The molecule has 3 rings (SSSR count). The highest BCUT2D eigenvalue weighted by molar-refractivity contribution is 6.08. The van der Waals surface area contributed by atoms with E-state index < -0.39 is 0 Å². The summed E-state index contributed by atoms with van der Waals surface area (Å²) in [7, 11) is 2.18. The lowest BCUT2D eigenvalue weighted by molar-refractivity contribution is -0.507. The van der Waals surface area contributed by atoms with Gasteiger partial charge in [-0.3, -0.25) is 0 Å². The van der Waals surface area contributed by atoms with Crippen LogP contribution < -0.4 is 0 Å². The average molecular weight is 316 g/mol. The molecule has 0 bridgehead atoms. The molecular weight excluding hydrogens is 290 g/mol. The summed E-state index contributed by atoms with van der Waals surface area (Å²) < 4.78 is 2.35. The van der Waals surface area contributed by atoms with Crippen molar-refractivity contribution < 1.29 is 4.58 Å². The number of hydrogen-bond acceptors (Lipinski definition) is 0. The molecule has 0 spiro atoms. The van der Waals surface area contributed by atoms with Gasteiger partial charge in [0.1, 0.15) is 7.05 Å². The van der Waals surface area contributed by atoms with Crippen molar-refractivity contribution in [1.29, 1.82) is 0 Å². The van der Waals surface area contributed by atoms with Gasteiger partial charge in [-0.15, -0.1) is 0 Å². The van der Waals surface area contributed by atoms with Crippen LogP contribution in [0.5, 0.6) is 0 Å². The zero-order valence-corrected chi connectivity index (χ0v) is 15.2. The van der Waals surface area contributed by atoms with Gasteiger partial charge in [0.05, 0.1) is 5.56 Å². The van der Waals surface area contributed by atoms with E-state index in [0.29, 0.717) is 0 Å². The third-order valence-electron chi connectivity index (χ3n) is 4.84. The molecule has 1 aliphatic heterocycles. The summed E-state index contributed by atoms with van der Waals surface area (Å²) in [6.07, 6.45) is 3.42. The largest absolute Gasteiger partial charge is 0.228 e. The van der Waals surface area contributed by atoms with Crippen LogP contribution in [0.2, 0.25) is 0 Å². The summed E-state index contributed by atoms with van der Waals surface area (Å²) in [5.41, 5.74) is 10.4. The normalized spacial score (nSPS) is 14.1. The Morgan fingerprint density at radius 1 is 1.12 bits per heavy atom. The van der Waals surface area contributed by atoms with Crippen molar-refractivity contribution >= 4 is 11.3 Å². The Labute approximate surface area is 145 Å². The van der Waals surface area contributed by atoms with Gasteiger partial charge >= 0.3 is 0 Å². The van der Waals surface area contributed by atoms with Crippen LogP contribution in [0.4, 0.5) is 0 Å². The second-order valence-electron chi connectivity index (χ2n) is 6.78. The number of nitrogens with zero attached hydrogens (tertiary/aromatic N) is 1. The maximum absolute atomic E-state index is 4.13. The molecule has 0 atom stereocenters. The lowest BCUT2D eigenvalue weighted by atomic mass is 9.93. The summed E-state index contributed by atoms with van der Waals surface area (Å²) >= 11 is 0. The van der Waals surface area contributed by atoms with Crippen LogP contribution in [0.15, 0.2) is 60.7 Å². The van der Waals surface area contributed by atoms with E-state index in [4.69, 9.17) is 0 Å². The van der Waals surface area contributed by atoms with Gasteiger partial charge in [-0.05, 0) is 49.1 Å². The third kappa shape index (κ3) is 2.99. The number of allylic oxidation sites excluding steroid dienone is 3. The minimum absolute atomic E-state index is 0.973. The molecule has 24 heavy (non-hydrogen) atoms. The lowest BCUT2D eigenvalue weighted by Gasteiger charge is -2.10. The van der Waals surface area contributed by atoms with E-state index in [-0.39, 0.29) is 0 Å². The van der Waals surface area contributed by atoms with Crippen molar-refractivity contribution in [1.82, 2.24) is 0 Å². The molecular formula is C23H26N+. The first-order chi connectivity index (χ1) is 11.5. The van der Waals surface area contributed by atoms with Crippen LogP contribution in [0.3, 0.4) is 0 Å². The van der Waals surface area contributed by atoms with Crippen molar-refractivity contribution in [2.24, 2.45) is 0 Å². The molecule has 1 aliphatic rings. The number of fused-ring (bicyclic) bond motifs is 1. The Bertz CT molecular complexity index is 865. The molecule has 1 heterocycles. The van der Waals surface area contributed by atoms with E-state index in [9.17, 15) is 0 Å². The van der Waals surface area contributed by atoms with Gasteiger partial charge in [0.25, 0.3) is 0 Å². The maximum Gasteiger partial charge on any atom is 0.207 e. The second-order valence-corrected chi connectivity index (χ2v) is 6.78. The van der Waals surface area contributed by atoms with Gasteiger partial charge in [0, 0.05) is 11.6 Å². The highest BCUT2D eigenvalue weighted by atomic mass is 15.0. The lowest BCUT2D eigenvalue weighted by Crippen LogP contribution is -2.07. The molecule has 0 aliphatic carbocycles. The fraction of sp³-hybridized carbons (Fsp3) is 0.261. The van der Waals surface area contributed by atoms with E-state index in [1.807, 2.05) is 0 Å². The van der Waals surface area contributed by atoms with Crippen LogP contribution in [0, 0.1) is 0 Å². The van der Waals surface area contributed by atoms with Crippen molar-refractivity contribution in [2.45, 2.75) is 33.7 Å². The first kappa shape index (κ1) is 16.4. The Balaban J connectivity index is 2.05. The summed E-state index contributed by atoms with van der Waals surface area (Å²) in [6.45, 7) is 11.6. The standard InChI is InChI=1S/C23H26N/c1-6-17(4)13-23-22-12-11-18(14-19(22)15-24(23)5)21-10-8-7-9-20(21)16(2)3/h7-14H,2,6,15H2,1,3-5H3/q+1/b17-13-. The zero-order valence-electron chi connectivity index (χ0n) is 15.2. The summed E-state index contributed by atoms with van der Waals surface area (Å²) in [4.78, 5) is 0. The molecule has 0 aromatic heterocycles. The van der Waals surface area contributed by atoms with Gasteiger partial charge < -0.3 is 0 Å². The smallest absolute Gasteiger partial charge is 0.207 e. The Kier molecular flexibility index (Phi) is 4.53. The van der Waals surface area contributed by atoms with Crippen LogP contribution in [-0.4, -0.2) is 17.3 Å². The molecule has 0 unspecified atom stereocenters. The topological polar surface area (TPSA) is 3.01 Å². The van der Waals surface area contributed by atoms with Crippen molar-refractivity contribution in [3.05, 3.63) is 77.4 Å². The molecule has 1 heteroatoms. The number of hydrogen-bond donors (Lipinski definition) is 0. The summed E-state index contributed by atoms with van der Waals surface area (Å²) in [5, 5.41) is 0. The van der Waals surface area contributed by atoms with E-state index >= 15 is 0 Å². The van der Waals surface area contributed by atoms with Crippen molar-refractivity contribution in [3.63, 3.8) is 0 Å². The molecule has 122 valence electrons. The SMILES string of the molecule is C=C(C)c1ccccc1-c1ccc2c(c1)C[N+](C)=C2/C=C(/C)CC. The van der Waals surface area contributed by atoms with Crippen LogP contribution in [0.25, 0.3) is 16.7 Å². The number of benzene rings is 2. The molecule has 0 saturated carbocycles. The van der Waals surface area contributed by atoms with Crippen molar-refractivity contribution in [2.75, 3.05) is 7.05 Å². The second kappa shape index (κ2) is 6.60. The summed E-state index contributed by atoms with van der Waals surface area (Å²) in [5.74, 6) is 0. The Morgan fingerprint density at radius 2 is 1.88 bits per heavy atom. The minimum Gasteiger partial charge on any atom is -0.228 e. The van der Waals surface area contributed by atoms with E-state index in [1.165, 1.54) is 39.1 Å². The van der Waals surface area contributed by atoms with Crippen LogP contribution in [-0.2, 0) is 6.54 Å². The minimum atomic E-state index is 0.973. The monoisotopic (exact) mass is 316 g/mol. The van der Waals surface area contributed by atoms with Gasteiger partial charge in [-0.2, -0.15) is 0 Å². The average Bonchev–Trinajstić information content (AvgIpc) is 2.89. The molecule has 1 nitrogen and oxygen atoms in total. The Morgan fingerprint density at radius 3 is 2.58 bits per heavy atom. The fourth-order valence-corrected chi connectivity index (χ4v) is 3.32. The van der Waals surface area contributed by atoms with Crippen LogP contribution >= 0.6 is 0 Å². The Hall–Kier alpha value is -2.41. The van der Waals surface area contributed by atoms with E-state index in [2.05, 4.69) is 87.5 Å². The van der Waals surface area contributed by atoms with E-state index in [1.54, 1.807) is 0 Å². The predicted molar refractivity (Wildman–Crippen MR) is 105 cm³/mol. The van der Waals surface area contributed by atoms with Gasteiger partial charge in [-0.25, -0.2) is 4.58 Å². The van der Waals surface area contributed by atoms with E-state index in [0.717, 1.165) is 18.5 Å². The molecule has 0 N–H and O–H groups in total. The maximum atomic E-state index is 4.13. The van der Waals surface area contributed by atoms with Gasteiger partial charge in [-0.1, -0.05) is 55.0 Å². The van der Waals surface area contributed by atoms with Gasteiger partial charge in [0.15, 0.2) is 6.54 Å². The molecule has 0 amide bonds. The van der Waals surface area contributed by atoms with Crippen molar-refractivity contribution in [3.8, 4) is 11.1 Å². The molecule has 2 aromatic carbocycles. The first-order valence-electron chi connectivity index (χ1n) is 8.65. The third-order valence-corrected chi connectivity index (χ3v) is 4.84. The fourth-order valence-electron chi connectivity index (χ4n) is 3.32. The molecule has 0 radical (unpaired) electrons. The van der Waals surface area contributed by atoms with Gasteiger partial charge in [0.2, 0.25) is 5.71 Å². The quantitative estimate of drug-likeness (QED) is 0.638. The zero-order chi connectivity index (χ0) is 17.3. The number of rotatable bonds is 4. The molecule has 0 fully saturated rings. The first-order valence-corrected chi connectivity index (χ1v) is 8.65.